The Morgan fingerprint density at radius 1 is 0.970 bits per heavy atom. The normalized spacial score (nSPS) is 18.2. The Morgan fingerprint density at radius 2 is 1.52 bits per heavy atom. The van der Waals surface area contributed by atoms with Gasteiger partial charge in [0, 0.05) is 23.8 Å². The van der Waals surface area contributed by atoms with Crippen LogP contribution in [0, 0.1) is 5.92 Å². The summed E-state index contributed by atoms with van der Waals surface area (Å²) in [5, 5.41) is 2.40. The molecule has 1 fully saturated rings. The van der Waals surface area contributed by atoms with Crippen LogP contribution in [0.25, 0.3) is 0 Å². The van der Waals surface area contributed by atoms with Gasteiger partial charge < -0.3 is 5.32 Å². The van der Waals surface area contributed by atoms with E-state index in [1.165, 1.54) is 24.3 Å². The van der Waals surface area contributed by atoms with Crippen molar-refractivity contribution in [2.24, 2.45) is 5.92 Å². The zero-order valence-corrected chi connectivity index (χ0v) is 18.2. The van der Waals surface area contributed by atoms with Crippen molar-refractivity contribution >= 4 is 33.2 Å². The van der Waals surface area contributed by atoms with Gasteiger partial charge in [0.05, 0.1) is 21.9 Å². The number of hydrogen-bond acceptors (Lipinski definition) is 3. The third-order valence-electron chi connectivity index (χ3n) is 5.06. The predicted octanol–water partition coefficient (Wildman–Crippen LogP) is 5.42. The lowest BCUT2D eigenvalue weighted by Gasteiger charge is -2.31. The average molecular weight is 515 g/mol. The van der Waals surface area contributed by atoms with E-state index >= 15 is 0 Å². The Balaban J connectivity index is 1.81. The van der Waals surface area contributed by atoms with E-state index < -0.39 is 51.0 Å². The molecule has 1 N–H and O–H groups in total. The molecule has 13 heteroatoms. The van der Waals surface area contributed by atoms with Crippen molar-refractivity contribution in [1.82, 2.24) is 4.31 Å². The number of rotatable bonds is 4. The number of benzene rings is 2. The van der Waals surface area contributed by atoms with E-state index in [2.05, 4.69) is 5.32 Å². The van der Waals surface area contributed by atoms with Crippen LogP contribution >= 0.6 is 11.6 Å². The van der Waals surface area contributed by atoms with Crippen molar-refractivity contribution < 1.29 is 39.6 Å². The fourth-order valence-electron chi connectivity index (χ4n) is 3.40. The molecule has 1 saturated heterocycles. The molecular formula is C20H17ClF6N2O3S. The second kappa shape index (κ2) is 9.15. The summed E-state index contributed by atoms with van der Waals surface area (Å²) in [6, 6.07) is 6.11. The maximum absolute atomic E-state index is 13.0. The van der Waals surface area contributed by atoms with Gasteiger partial charge in [-0.1, -0.05) is 11.6 Å². The maximum Gasteiger partial charge on any atom is 0.416 e. The largest absolute Gasteiger partial charge is 0.416 e. The van der Waals surface area contributed by atoms with Crippen LogP contribution < -0.4 is 5.32 Å². The van der Waals surface area contributed by atoms with Crippen LogP contribution in [0.1, 0.15) is 24.0 Å². The van der Waals surface area contributed by atoms with Gasteiger partial charge >= 0.3 is 12.4 Å². The summed E-state index contributed by atoms with van der Waals surface area (Å²) in [6.45, 7) is -0.168. The standard InChI is InChI=1S/C20H17ClF6N2O3S/c21-15-3-5-17(6-4-15)33(31,32)29-7-1-2-12(11-29)18(30)28-16-9-13(19(22,23)24)8-14(10-16)20(25,26)27/h3-6,8-10,12H,1-2,7,11H2,(H,28,30)/t12-/m1/s1. The summed E-state index contributed by atoms with van der Waals surface area (Å²) in [6.07, 6.45) is -9.63. The molecule has 33 heavy (non-hydrogen) atoms. The number of anilines is 1. The zero-order chi connectivity index (χ0) is 24.6. The highest BCUT2D eigenvalue weighted by Gasteiger charge is 2.38. The van der Waals surface area contributed by atoms with Crippen LogP contribution in [0.2, 0.25) is 5.02 Å². The molecule has 1 amide bonds. The van der Waals surface area contributed by atoms with E-state index in [4.69, 9.17) is 11.6 Å². The first-order valence-electron chi connectivity index (χ1n) is 9.54. The first-order chi connectivity index (χ1) is 15.2. The van der Waals surface area contributed by atoms with Crippen molar-refractivity contribution in [3.63, 3.8) is 0 Å². The van der Waals surface area contributed by atoms with E-state index in [1.54, 1.807) is 0 Å². The molecule has 0 spiro atoms. The second-order valence-corrected chi connectivity index (χ2v) is 9.81. The summed E-state index contributed by atoms with van der Waals surface area (Å²) >= 11 is 5.77. The van der Waals surface area contributed by atoms with Crippen molar-refractivity contribution in [3.05, 3.63) is 58.6 Å². The summed E-state index contributed by atoms with van der Waals surface area (Å²) in [5.74, 6) is -1.84. The lowest BCUT2D eigenvalue weighted by Crippen LogP contribution is -2.43. The van der Waals surface area contributed by atoms with Crippen LogP contribution in [-0.4, -0.2) is 31.7 Å². The molecule has 1 aliphatic heterocycles. The fourth-order valence-corrected chi connectivity index (χ4v) is 5.05. The Kier molecular flexibility index (Phi) is 7.02. The van der Waals surface area contributed by atoms with Gasteiger partial charge in [-0.05, 0) is 55.3 Å². The quantitative estimate of drug-likeness (QED) is 0.554. The number of piperidine rings is 1. The fraction of sp³-hybridized carbons (Fsp3) is 0.350. The molecule has 1 aliphatic rings. The van der Waals surface area contributed by atoms with Crippen molar-refractivity contribution in [2.75, 3.05) is 18.4 Å². The van der Waals surface area contributed by atoms with Crippen molar-refractivity contribution in [2.45, 2.75) is 30.1 Å². The molecule has 0 aliphatic carbocycles. The van der Waals surface area contributed by atoms with Gasteiger partial charge in [0.2, 0.25) is 15.9 Å². The number of carbonyl (C=O) groups excluding carboxylic acids is 1. The Morgan fingerprint density at radius 3 is 2.03 bits per heavy atom. The lowest BCUT2D eigenvalue weighted by molar-refractivity contribution is -0.143. The number of halogens is 7. The number of nitrogens with zero attached hydrogens (tertiary/aromatic N) is 1. The highest BCUT2D eigenvalue weighted by molar-refractivity contribution is 7.89. The molecule has 0 unspecified atom stereocenters. The number of alkyl halides is 6. The van der Waals surface area contributed by atoms with Crippen LogP contribution in [0.5, 0.6) is 0 Å². The number of carbonyl (C=O) groups is 1. The van der Waals surface area contributed by atoms with Gasteiger partial charge in [-0.25, -0.2) is 8.42 Å². The Labute approximate surface area is 190 Å². The number of sulfonamides is 1. The van der Waals surface area contributed by atoms with Crippen molar-refractivity contribution in [3.8, 4) is 0 Å². The summed E-state index contributed by atoms with van der Waals surface area (Å²) in [7, 11) is -3.97. The van der Waals surface area contributed by atoms with E-state index in [-0.39, 0.29) is 36.9 Å². The predicted molar refractivity (Wildman–Crippen MR) is 108 cm³/mol. The first-order valence-corrected chi connectivity index (χ1v) is 11.4. The van der Waals surface area contributed by atoms with Gasteiger partial charge in [0.25, 0.3) is 0 Å². The second-order valence-electron chi connectivity index (χ2n) is 7.44. The molecule has 2 aromatic rings. The molecule has 0 radical (unpaired) electrons. The third-order valence-corrected chi connectivity index (χ3v) is 7.19. The van der Waals surface area contributed by atoms with Crippen LogP contribution in [0.4, 0.5) is 32.0 Å². The van der Waals surface area contributed by atoms with Crippen LogP contribution in [0.3, 0.4) is 0 Å². The molecule has 5 nitrogen and oxygen atoms in total. The number of nitrogens with one attached hydrogen (secondary N) is 1. The van der Waals surface area contributed by atoms with Crippen LogP contribution in [-0.2, 0) is 27.2 Å². The van der Waals surface area contributed by atoms with Gasteiger partial charge in [-0.2, -0.15) is 30.6 Å². The monoisotopic (exact) mass is 514 g/mol. The Hall–Kier alpha value is -2.31. The average Bonchev–Trinajstić information content (AvgIpc) is 2.72. The topological polar surface area (TPSA) is 66.5 Å². The molecule has 0 saturated carbocycles. The highest BCUT2D eigenvalue weighted by atomic mass is 35.5. The van der Waals surface area contributed by atoms with E-state index in [9.17, 15) is 39.6 Å². The number of amides is 1. The molecule has 1 heterocycles. The molecule has 3 rings (SSSR count). The van der Waals surface area contributed by atoms with Gasteiger partial charge in [0.1, 0.15) is 0 Å². The maximum atomic E-state index is 13.0. The molecule has 1 atom stereocenters. The lowest BCUT2D eigenvalue weighted by atomic mass is 9.98. The molecular weight excluding hydrogens is 498 g/mol. The first kappa shape index (κ1) is 25.3. The minimum Gasteiger partial charge on any atom is -0.326 e. The van der Waals surface area contributed by atoms with Gasteiger partial charge in [-0.15, -0.1) is 0 Å². The summed E-state index contributed by atoms with van der Waals surface area (Å²) in [4.78, 5) is 12.6. The highest BCUT2D eigenvalue weighted by Crippen LogP contribution is 2.38. The van der Waals surface area contributed by atoms with E-state index in [0.717, 1.165) is 4.31 Å². The van der Waals surface area contributed by atoms with Crippen LogP contribution in [0.15, 0.2) is 47.4 Å². The summed E-state index contributed by atoms with van der Waals surface area (Å²) in [5.41, 5.74) is -3.81. The zero-order valence-electron chi connectivity index (χ0n) is 16.7. The number of hydrogen-bond donors (Lipinski definition) is 1. The minimum atomic E-state index is -5.06. The molecule has 0 aromatic heterocycles. The minimum absolute atomic E-state index is 0.0450. The molecule has 2 aromatic carbocycles. The molecule has 0 bridgehead atoms. The van der Waals surface area contributed by atoms with E-state index in [1.807, 2.05) is 0 Å². The van der Waals surface area contributed by atoms with E-state index in [0.29, 0.717) is 17.2 Å². The van der Waals surface area contributed by atoms with Gasteiger partial charge in [0.15, 0.2) is 0 Å². The summed E-state index contributed by atoms with van der Waals surface area (Å²) < 4.78 is 105. The Bertz CT molecular complexity index is 1100. The SMILES string of the molecule is O=C(Nc1cc(C(F)(F)F)cc(C(F)(F)F)c1)[C@@H]1CCCN(S(=O)(=O)c2ccc(Cl)cc2)C1. The third kappa shape index (κ3) is 5.98. The smallest absolute Gasteiger partial charge is 0.326 e. The van der Waals surface area contributed by atoms with Crippen molar-refractivity contribution in [1.29, 1.82) is 0 Å². The molecule has 180 valence electrons. The van der Waals surface area contributed by atoms with Gasteiger partial charge in [-0.3, -0.25) is 4.79 Å².